The van der Waals surface area contributed by atoms with Crippen LogP contribution in [0.4, 0.5) is 4.79 Å². The minimum Gasteiger partial charge on any atom is -0.488 e. The van der Waals surface area contributed by atoms with E-state index in [4.69, 9.17) is 9.47 Å². The van der Waals surface area contributed by atoms with Gasteiger partial charge in [-0.05, 0) is 31.4 Å². The Balaban J connectivity index is 0.00000261. The first-order valence-electron chi connectivity index (χ1n) is 9.33. The van der Waals surface area contributed by atoms with E-state index in [9.17, 15) is 4.79 Å². The molecule has 0 spiro atoms. The number of guanidine groups is 1. The molecule has 2 N–H and O–H groups in total. The zero-order valence-corrected chi connectivity index (χ0v) is 18.3. The van der Waals surface area contributed by atoms with E-state index < -0.39 is 0 Å². The van der Waals surface area contributed by atoms with Gasteiger partial charge in [0.05, 0.1) is 13.2 Å². The molecule has 0 saturated carbocycles. The van der Waals surface area contributed by atoms with Gasteiger partial charge in [-0.3, -0.25) is 4.99 Å². The number of amides is 1. The minimum absolute atomic E-state index is 0. The lowest BCUT2D eigenvalue weighted by molar-refractivity contribution is 0.0963. The van der Waals surface area contributed by atoms with E-state index in [0.29, 0.717) is 32.3 Å². The van der Waals surface area contributed by atoms with Crippen LogP contribution in [0.25, 0.3) is 0 Å². The van der Waals surface area contributed by atoms with Crippen LogP contribution in [0.3, 0.4) is 0 Å². The molecule has 1 aromatic carbocycles. The summed E-state index contributed by atoms with van der Waals surface area (Å²) in [6.45, 7) is 4.36. The Bertz CT molecular complexity index is 623. The van der Waals surface area contributed by atoms with E-state index in [-0.39, 0.29) is 36.2 Å². The molecule has 1 fully saturated rings. The maximum atomic E-state index is 11.8. The lowest BCUT2D eigenvalue weighted by Crippen LogP contribution is -2.51. The van der Waals surface area contributed by atoms with Crippen molar-refractivity contribution in [2.24, 2.45) is 4.99 Å². The number of carbonyl (C=O) groups excluding carboxylic acids is 1. The molecule has 150 valence electrons. The van der Waals surface area contributed by atoms with Gasteiger partial charge in [-0.1, -0.05) is 18.2 Å². The number of nitrogens with zero attached hydrogens (tertiary/aromatic N) is 2. The van der Waals surface area contributed by atoms with Crippen LogP contribution < -0.4 is 15.4 Å². The number of halogens is 1. The van der Waals surface area contributed by atoms with Crippen molar-refractivity contribution >= 4 is 36.0 Å². The summed E-state index contributed by atoms with van der Waals surface area (Å²) in [6, 6.07) is 8.46. The molecular formula is C19H29IN4O3. The smallest absolute Gasteiger partial charge is 0.409 e. The predicted octanol–water partition coefficient (Wildman–Crippen LogP) is 2.39. The Hall–Kier alpha value is -1.71. The van der Waals surface area contributed by atoms with E-state index in [0.717, 1.165) is 31.0 Å². The molecule has 0 aromatic heterocycles. The second kappa shape index (κ2) is 10.6. The van der Waals surface area contributed by atoms with Crippen molar-refractivity contribution in [3.8, 4) is 5.75 Å². The first-order chi connectivity index (χ1) is 12.7. The normalized spacial score (nSPS) is 19.6. The first kappa shape index (κ1) is 21.6. The number of ether oxygens (including phenoxy) is 2. The molecule has 8 heteroatoms. The third-order valence-corrected chi connectivity index (χ3v) is 4.80. The topological polar surface area (TPSA) is 75.2 Å². The Morgan fingerprint density at radius 3 is 2.74 bits per heavy atom. The third-order valence-electron chi connectivity index (χ3n) is 4.80. The SMILES string of the molecule is CCOC(=O)N1CCC(NC(=NC)NCC2Cc3ccccc3O2)CC1.I. The maximum Gasteiger partial charge on any atom is 0.409 e. The molecular weight excluding hydrogens is 459 g/mol. The van der Waals surface area contributed by atoms with Gasteiger partial charge in [-0.2, -0.15) is 0 Å². The molecule has 0 radical (unpaired) electrons. The maximum absolute atomic E-state index is 11.8. The molecule has 7 nitrogen and oxygen atoms in total. The Morgan fingerprint density at radius 2 is 2.07 bits per heavy atom. The summed E-state index contributed by atoms with van der Waals surface area (Å²) < 4.78 is 11.0. The Morgan fingerprint density at radius 1 is 1.33 bits per heavy atom. The van der Waals surface area contributed by atoms with E-state index in [1.54, 1.807) is 11.9 Å². The number of hydrogen-bond donors (Lipinski definition) is 2. The number of rotatable bonds is 4. The molecule has 27 heavy (non-hydrogen) atoms. The van der Waals surface area contributed by atoms with E-state index in [1.165, 1.54) is 5.56 Å². The van der Waals surface area contributed by atoms with E-state index in [1.807, 2.05) is 25.1 Å². The van der Waals surface area contributed by atoms with Crippen LogP contribution in [0, 0.1) is 0 Å². The predicted molar refractivity (Wildman–Crippen MR) is 116 cm³/mol. The summed E-state index contributed by atoms with van der Waals surface area (Å²) in [4.78, 5) is 17.8. The van der Waals surface area contributed by atoms with E-state index in [2.05, 4.69) is 21.7 Å². The molecule has 1 aromatic rings. The Labute approximate surface area is 177 Å². The molecule has 1 unspecified atom stereocenters. The molecule has 2 aliphatic rings. The monoisotopic (exact) mass is 488 g/mol. The van der Waals surface area contributed by atoms with Crippen molar-refractivity contribution < 1.29 is 14.3 Å². The largest absolute Gasteiger partial charge is 0.488 e. The van der Waals surface area contributed by atoms with Crippen LogP contribution in [0.5, 0.6) is 5.75 Å². The first-order valence-corrected chi connectivity index (χ1v) is 9.33. The molecule has 3 rings (SSSR count). The second-order valence-electron chi connectivity index (χ2n) is 6.61. The highest BCUT2D eigenvalue weighted by Gasteiger charge is 2.25. The summed E-state index contributed by atoms with van der Waals surface area (Å²) in [5.74, 6) is 1.76. The van der Waals surface area contributed by atoms with Crippen LogP contribution in [-0.2, 0) is 11.2 Å². The van der Waals surface area contributed by atoms with Crippen LogP contribution in [-0.4, -0.2) is 62.4 Å². The number of carbonyl (C=O) groups is 1. The summed E-state index contributed by atoms with van der Waals surface area (Å²) in [6.07, 6.45) is 2.58. The van der Waals surface area contributed by atoms with Crippen molar-refractivity contribution in [1.29, 1.82) is 0 Å². The molecule has 0 bridgehead atoms. The number of benzene rings is 1. The van der Waals surface area contributed by atoms with Crippen molar-refractivity contribution in [2.45, 2.75) is 38.3 Å². The number of hydrogen-bond acceptors (Lipinski definition) is 4. The molecule has 1 amide bonds. The van der Waals surface area contributed by atoms with Gasteiger partial charge in [-0.15, -0.1) is 24.0 Å². The summed E-state index contributed by atoms with van der Waals surface area (Å²) in [5, 5.41) is 6.80. The standard InChI is InChI=1S/C19H28N4O3.HI/c1-3-25-19(24)23-10-8-15(9-11-23)22-18(20-2)21-13-16-12-14-6-4-5-7-17(14)26-16;/h4-7,15-16H,3,8-13H2,1-2H3,(H2,20,21,22);1H. The quantitative estimate of drug-likeness (QED) is 0.387. The highest BCUT2D eigenvalue weighted by Crippen LogP contribution is 2.27. The number of nitrogens with one attached hydrogen (secondary N) is 2. The van der Waals surface area contributed by atoms with Gasteiger partial charge in [0.25, 0.3) is 0 Å². The van der Waals surface area contributed by atoms with Gasteiger partial charge in [0.1, 0.15) is 11.9 Å². The molecule has 2 aliphatic heterocycles. The van der Waals surface area contributed by atoms with Crippen molar-refractivity contribution in [3.05, 3.63) is 29.8 Å². The highest BCUT2D eigenvalue weighted by atomic mass is 127. The number of likely N-dealkylation sites (tertiary alicyclic amines) is 1. The average Bonchev–Trinajstić information content (AvgIpc) is 3.08. The van der Waals surface area contributed by atoms with Gasteiger partial charge in [-0.25, -0.2) is 4.79 Å². The molecule has 1 saturated heterocycles. The van der Waals surface area contributed by atoms with Gasteiger partial charge >= 0.3 is 6.09 Å². The highest BCUT2D eigenvalue weighted by molar-refractivity contribution is 14.0. The molecule has 1 atom stereocenters. The number of para-hydroxylation sites is 1. The van der Waals surface area contributed by atoms with E-state index >= 15 is 0 Å². The fourth-order valence-electron chi connectivity index (χ4n) is 3.39. The van der Waals surface area contributed by atoms with Crippen molar-refractivity contribution in [3.63, 3.8) is 0 Å². The van der Waals surface area contributed by atoms with Gasteiger partial charge < -0.3 is 25.0 Å². The number of fused-ring (bicyclic) bond motifs is 1. The third kappa shape index (κ3) is 5.88. The summed E-state index contributed by atoms with van der Waals surface area (Å²) >= 11 is 0. The van der Waals surface area contributed by atoms with Crippen LogP contribution in [0.2, 0.25) is 0 Å². The lowest BCUT2D eigenvalue weighted by atomic mass is 10.1. The van der Waals surface area contributed by atoms with Crippen LogP contribution >= 0.6 is 24.0 Å². The zero-order chi connectivity index (χ0) is 18.4. The molecule has 0 aliphatic carbocycles. The van der Waals surface area contributed by atoms with Crippen molar-refractivity contribution in [2.75, 3.05) is 33.3 Å². The van der Waals surface area contributed by atoms with Crippen LogP contribution in [0.1, 0.15) is 25.3 Å². The van der Waals surface area contributed by atoms with Gasteiger partial charge in [0.15, 0.2) is 5.96 Å². The van der Waals surface area contributed by atoms with Gasteiger partial charge in [0.2, 0.25) is 0 Å². The summed E-state index contributed by atoms with van der Waals surface area (Å²) in [7, 11) is 1.77. The fourth-order valence-corrected chi connectivity index (χ4v) is 3.39. The fraction of sp³-hybridized carbons (Fsp3) is 0.579. The average molecular weight is 488 g/mol. The van der Waals surface area contributed by atoms with Crippen molar-refractivity contribution in [1.82, 2.24) is 15.5 Å². The second-order valence-corrected chi connectivity index (χ2v) is 6.61. The lowest BCUT2D eigenvalue weighted by Gasteiger charge is -2.32. The summed E-state index contributed by atoms with van der Waals surface area (Å²) in [5.41, 5.74) is 1.26. The van der Waals surface area contributed by atoms with Crippen LogP contribution in [0.15, 0.2) is 29.3 Å². The van der Waals surface area contributed by atoms with Gasteiger partial charge in [0, 0.05) is 32.6 Å². The Kier molecular flexibility index (Phi) is 8.46. The number of aliphatic imine (C=N–C) groups is 1. The number of piperidine rings is 1. The molecule has 2 heterocycles. The zero-order valence-electron chi connectivity index (χ0n) is 15.9. The minimum atomic E-state index is -0.216.